The molecule has 3 nitrogen and oxygen atoms in total. The van der Waals surface area contributed by atoms with E-state index in [0.29, 0.717) is 0 Å². The van der Waals surface area contributed by atoms with Crippen molar-refractivity contribution in [1.29, 1.82) is 0 Å². The Morgan fingerprint density at radius 3 is 2.26 bits per heavy atom. The largest absolute Gasteiger partial charge is 0.309 e. The first-order chi connectivity index (χ1) is 18.8. The normalized spacial score (nSPS) is 11.8. The van der Waals surface area contributed by atoms with E-state index in [1.165, 1.54) is 32.6 Å². The fourth-order valence-corrected chi connectivity index (χ4v) is 5.83. The first-order valence-corrected chi connectivity index (χ1v) is 12.8. The SMILES string of the molecule is C=Nc1c(/C=C\C)cccc1-c1ccc(-n2c3ccccc3c3c4ccccc4c4ncccc4c32)cc1. The van der Waals surface area contributed by atoms with Crippen LogP contribution in [-0.2, 0) is 0 Å². The molecule has 2 heterocycles. The highest BCUT2D eigenvalue weighted by Gasteiger charge is 2.19. The van der Waals surface area contributed by atoms with Gasteiger partial charge in [-0.25, -0.2) is 0 Å². The Bertz CT molecular complexity index is 2040. The number of aromatic nitrogens is 2. The van der Waals surface area contributed by atoms with Gasteiger partial charge in [0.1, 0.15) is 0 Å². The van der Waals surface area contributed by atoms with E-state index in [2.05, 4.69) is 119 Å². The molecule has 7 aromatic rings. The predicted molar refractivity (Wildman–Crippen MR) is 163 cm³/mol. The van der Waals surface area contributed by atoms with E-state index in [1.807, 2.05) is 25.3 Å². The van der Waals surface area contributed by atoms with Crippen LogP contribution >= 0.6 is 0 Å². The quantitative estimate of drug-likeness (QED) is 0.180. The minimum absolute atomic E-state index is 0.902. The van der Waals surface area contributed by atoms with Crippen LogP contribution < -0.4 is 0 Å². The summed E-state index contributed by atoms with van der Waals surface area (Å²) < 4.78 is 2.38. The molecular weight excluding hydrogens is 462 g/mol. The molecule has 0 bridgehead atoms. The molecule has 0 aliphatic heterocycles. The lowest BCUT2D eigenvalue weighted by Crippen LogP contribution is -1.95. The maximum Gasteiger partial charge on any atom is 0.0801 e. The molecule has 0 spiro atoms. The van der Waals surface area contributed by atoms with E-state index >= 15 is 0 Å². The molecule has 38 heavy (non-hydrogen) atoms. The molecule has 0 fully saturated rings. The molecule has 3 heteroatoms. The molecule has 0 saturated carbocycles. The van der Waals surface area contributed by atoms with Gasteiger partial charge in [-0.2, -0.15) is 0 Å². The van der Waals surface area contributed by atoms with Gasteiger partial charge in [0.05, 0.1) is 22.2 Å². The van der Waals surface area contributed by atoms with Crippen LogP contribution in [0.4, 0.5) is 5.69 Å². The second-order valence-corrected chi connectivity index (χ2v) is 9.47. The molecule has 5 aromatic carbocycles. The van der Waals surface area contributed by atoms with Crippen molar-refractivity contribution in [1.82, 2.24) is 9.55 Å². The van der Waals surface area contributed by atoms with Crippen molar-refractivity contribution in [2.24, 2.45) is 4.99 Å². The van der Waals surface area contributed by atoms with Crippen LogP contribution in [0, 0.1) is 0 Å². The number of hydrogen-bond donors (Lipinski definition) is 0. The smallest absolute Gasteiger partial charge is 0.0801 e. The molecule has 2 aromatic heterocycles. The standard InChI is InChI=1S/C35H25N3/c1-3-10-24-11-8-15-26(33(24)36-2)23-18-20-25(21-19-23)38-31-17-7-6-14-29(31)32-27-12-4-5-13-28(27)34-30(35(32)38)16-9-22-37-34/h3-22H,2H2,1H3/b10-3-. The van der Waals surface area contributed by atoms with E-state index in [9.17, 15) is 0 Å². The fourth-order valence-electron chi connectivity index (χ4n) is 5.83. The van der Waals surface area contributed by atoms with Crippen molar-refractivity contribution in [2.75, 3.05) is 0 Å². The van der Waals surface area contributed by atoms with Crippen LogP contribution in [0.3, 0.4) is 0 Å². The Balaban J connectivity index is 1.53. The van der Waals surface area contributed by atoms with Gasteiger partial charge in [-0.05, 0) is 54.9 Å². The summed E-state index contributed by atoms with van der Waals surface area (Å²) >= 11 is 0. The lowest BCUT2D eigenvalue weighted by Gasteiger charge is -2.13. The lowest BCUT2D eigenvalue weighted by atomic mass is 9.99. The maximum absolute atomic E-state index is 4.83. The zero-order valence-electron chi connectivity index (χ0n) is 21.1. The van der Waals surface area contributed by atoms with Gasteiger partial charge in [0, 0.05) is 44.6 Å². The Morgan fingerprint density at radius 2 is 1.47 bits per heavy atom. The van der Waals surface area contributed by atoms with E-state index in [4.69, 9.17) is 4.98 Å². The Labute approximate surface area is 221 Å². The van der Waals surface area contributed by atoms with Gasteiger partial charge in [0.25, 0.3) is 0 Å². The highest BCUT2D eigenvalue weighted by molar-refractivity contribution is 6.31. The van der Waals surface area contributed by atoms with E-state index in [0.717, 1.165) is 39.0 Å². The second kappa shape index (κ2) is 8.82. The Morgan fingerprint density at radius 1 is 0.737 bits per heavy atom. The van der Waals surface area contributed by atoms with Gasteiger partial charge in [-0.15, -0.1) is 0 Å². The third-order valence-corrected chi connectivity index (χ3v) is 7.40. The third-order valence-electron chi connectivity index (χ3n) is 7.40. The zero-order valence-corrected chi connectivity index (χ0v) is 21.1. The van der Waals surface area contributed by atoms with E-state index < -0.39 is 0 Å². The molecule has 0 atom stereocenters. The number of hydrogen-bond acceptors (Lipinski definition) is 2. The molecule has 0 amide bonds. The topological polar surface area (TPSA) is 30.2 Å². The Kier molecular flexibility index (Phi) is 5.15. The summed E-state index contributed by atoms with van der Waals surface area (Å²) in [7, 11) is 0. The number of allylic oxidation sites excluding steroid dienone is 1. The number of benzene rings is 5. The maximum atomic E-state index is 4.83. The summed E-state index contributed by atoms with van der Waals surface area (Å²) in [6.45, 7) is 5.86. The number of rotatable bonds is 4. The summed E-state index contributed by atoms with van der Waals surface area (Å²) in [4.78, 5) is 9.19. The first kappa shape index (κ1) is 22.2. The molecule has 7 rings (SSSR count). The summed E-state index contributed by atoms with van der Waals surface area (Å²) in [5, 5.41) is 6.06. The molecule has 0 radical (unpaired) electrons. The molecule has 0 saturated heterocycles. The first-order valence-electron chi connectivity index (χ1n) is 12.8. The summed E-state index contributed by atoms with van der Waals surface area (Å²) in [6.07, 6.45) is 5.99. The third kappa shape index (κ3) is 3.22. The van der Waals surface area contributed by atoms with E-state index in [-0.39, 0.29) is 0 Å². The molecule has 0 aliphatic rings. The van der Waals surface area contributed by atoms with Crippen molar-refractivity contribution >= 4 is 62.0 Å². The monoisotopic (exact) mass is 487 g/mol. The van der Waals surface area contributed by atoms with Gasteiger partial charge in [0.15, 0.2) is 0 Å². The van der Waals surface area contributed by atoms with Crippen LogP contribution in [0.5, 0.6) is 0 Å². The van der Waals surface area contributed by atoms with E-state index in [1.54, 1.807) is 0 Å². The average Bonchev–Trinajstić information content (AvgIpc) is 3.33. The highest BCUT2D eigenvalue weighted by Crippen LogP contribution is 2.42. The van der Waals surface area contributed by atoms with Gasteiger partial charge < -0.3 is 4.57 Å². The van der Waals surface area contributed by atoms with Gasteiger partial charge >= 0.3 is 0 Å². The molecule has 0 aliphatic carbocycles. The lowest BCUT2D eigenvalue weighted by molar-refractivity contribution is 1.19. The van der Waals surface area contributed by atoms with Crippen LogP contribution in [-0.4, -0.2) is 16.3 Å². The molecule has 180 valence electrons. The number of nitrogens with zero attached hydrogens (tertiary/aromatic N) is 3. The fraction of sp³-hybridized carbons (Fsp3) is 0.0286. The van der Waals surface area contributed by atoms with Crippen LogP contribution in [0.1, 0.15) is 12.5 Å². The minimum Gasteiger partial charge on any atom is -0.309 e. The van der Waals surface area contributed by atoms with Crippen molar-refractivity contribution in [3.05, 3.63) is 121 Å². The highest BCUT2D eigenvalue weighted by atomic mass is 15.0. The van der Waals surface area contributed by atoms with Crippen molar-refractivity contribution in [2.45, 2.75) is 6.92 Å². The van der Waals surface area contributed by atoms with Gasteiger partial charge in [0.2, 0.25) is 0 Å². The van der Waals surface area contributed by atoms with Gasteiger partial charge in [-0.1, -0.05) is 84.9 Å². The molecular formula is C35H25N3. The average molecular weight is 488 g/mol. The molecule has 0 unspecified atom stereocenters. The number of aliphatic imine (C=N–C) groups is 1. The van der Waals surface area contributed by atoms with Crippen molar-refractivity contribution < 1.29 is 0 Å². The Hall–Kier alpha value is -5.02. The zero-order chi connectivity index (χ0) is 25.6. The number of para-hydroxylation sites is 2. The molecule has 0 N–H and O–H groups in total. The second-order valence-electron chi connectivity index (χ2n) is 9.47. The number of pyridine rings is 1. The van der Waals surface area contributed by atoms with Gasteiger partial charge in [-0.3, -0.25) is 9.98 Å². The van der Waals surface area contributed by atoms with Crippen LogP contribution in [0.2, 0.25) is 0 Å². The van der Waals surface area contributed by atoms with Crippen LogP contribution in [0.25, 0.3) is 66.4 Å². The van der Waals surface area contributed by atoms with Crippen molar-refractivity contribution in [3.8, 4) is 16.8 Å². The van der Waals surface area contributed by atoms with Crippen molar-refractivity contribution in [3.63, 3.8) is 0 Å². The predicted octanol–water partition coefficient (Wildman–Crippen LogP) is 9.52. The summed E-state index contributed by atoms with van der Waals surface area (Å²) in [6, 6.07) is 36.5. The van der Waals surface area contributed by atoms with Crippen LogP contribution in [0.15, 0.2) is 120 Å². The summed E-state index contributed by atoms with van der Waals surface area (Å²) in [5.74, 6) is 0. The summed E-state index contributed by atoms with van der Waals surface area (Å²) in [5.41, 5.74) is 8.66. The number of fused-ring (bicyclic) bond motifs is 8. The minimum atomic E-state index is 0.902.